The predicted molar refractivity (Wildman–Crippen MR) is 240 cm³/mol. The van der Waals surface area contributed by atoms with Gasteiger partial charge in [-0.05, 0) is 61.8 Å². The Labute approximate surface area is 402 Å². The average molecular weight is 960 g/mol. The molecule has 0 amide bonds. The second-order valence-electron chi connectivity index (χ2n) is 14.9. The molecule has 4 heterocycles. The molecular weight excluding hydrogens is 895 g/mol. The van der Waals surface area contributed by atoms with E-state index >= 15 is 0 Å². The van der Waals surface area contributed by atoms with Crippen molar-refractivity contribution in [2.45, 2.75) is 66.2 Å². The van der Waals surface area contributed by atoms with Gasteiger partial charge >= 0.3 is 32.7 Å². The Morgan fingerprint density at radius 3 is 1.25 bits per heavy atom. The van der Waals surface area contributed by atoms with Crippen molar-refractivity contribution in [3.8, 4) is 11.5 Å². The maximum atomic E-state index is 11.8. The van der Waals surface area contributed by atoms with Crippen molar-refractivity contribution < 1.29 is 80.8 Å². The van der Waals surface area contributed by atoms with E-state index < -0.39 is 0 Å². The van der Waals surface area contributed by atoms with Crippen LogP contribution < -0.4 is 24.7 Å². The normalized spacial score (nSPS) is 12.5. The maximum absolute atomic E-state index is 11.8. The topological polar surface area (TPSA) is 186 Å². The number of hydrogen-bond acceptors (Lipinski definition) is 14. The Balaban J connectivity index is 0.00000898. The fourth-order valence-electron chi connectivity index (χ4n) is 7.32. The van der Waals surface area contributed by atoms with Gasteiger partial charge in [0, 0.05) is 26.4 Å². The first kappa shape index (κ1) is 53.1. The van der Waals surface area contributed by atoms with Crippen LogP contribution in [-0.2, 0) is 74.0 Å². The predicted octanol–water partition coefficient (Wildman–Crippen LogP) is 5.35. The molecule has 0 aliphatic carbocycles. The van der Waals surface area contributed by atoms with Crippen molar-refractivity contribution >= 4 is 44.4 Å². The Morgan fingerprint density at radius 2 is 0.891 bits per heavy atom. The van der Waals surface area contributed by atoms with E-state index in [9.17, 15) is 10.2 Å². The molecule has 0 saturated carbocycles. The second-order valence-corrected chi connectivity index (χ2v) is 14.9. The van der Waals surface area contributed by atoms with E-state index in [4.69, 9.17) is 62.8 Å². The van der Waals surface area contributed by atoms with Gasteiger partial charge in [0.15, 0.2) is 11.5 Å². The molecule has 16 heteroatoms. The quantitative estimate of drug-likeness (QED) is 0.0848. The summed E-state index contributed by atoms with van der Waals surface area (Å²) in [5.41, 5.74) is 11.8. The van der Waals surface area contributed by atoms with Crippen LogP contribution in [0.25, 0.3) is 44.4 Å². The second kappa shape index (κ2) is 29.2. The number of hydrogen-bond donors (Lipinski definition) is 0. The molecule has 2 aliphatic rings. The van der Waals surface area contributed by atoms with E-state index in [0.717, 1.165) is 68.7 Å². The maximum Gasteiger partial charge on any atom is 3.00 e. The number of fused-ring (bicyclic) bond motifs is 7. The first-order chi connectivity index (χ1) is 30.9. The number of rotatable bonds is 28. The zero-order valence-electron chi connectivity index (χ0n) is 38.5. The summed E-state index contributed by atoms with van der Waals surface area (Å²) in [4.78, 5) is 25.3. The number of ether oxygens (including phenoxy) is 8. The molecule has 0 spiro atoms. The molecule has 5 rings (SSSR count). The third-order valence-corrected chi connectivity index (χ3v) is 10.7. The van der Waals surface area contributed by atoms with E-state index in [2.05, 4.69) is 13.8 Å². The summed E-state index contributed by atoms with van der Waals surface area (Å²) in [6, 6.07) is 7.69. The fourth-order valence-corrected chi connectivity index (χ4v) is 7.32. The molecule has 2 aliphatic heterocycles. The van der Waals surface area contributed by atoms with Crippen LogP contribution in [0.4, 0.5) is 0 Å². The van der Waals surface area contributed by atoms with Gasteiger partial charge in [0.1, 0.15) is 13.2 Å². The summed E-state index contributed by atoms with van der Waals surface area (Å²) in [6.45, 7) is 12.8. The fraction of sp³-hybridized carbons (Fsp3) is 0.542. The third-order valence-electron chi connectivity index (χ3n) is 10.7. The molecule has 0 radical (unpaired) electrons. The van der Waals surface area contributed by atoms with E-state index in [1.807, 2.05) is 26.0 Å². The van der Waals surface area contributed by atoms with Crippen LogP contribution in [0.1, 0.15) is 87.3 Å². The summed E-state index contributed by atoms with van der Waals surface area (Å²) in [5, 5.41) is 23.5. The van der Waals surface area contributed by atoms with Crippen LogP contribution in [-0.4, -0.2) is 127 Å². The number of aromatic nitrogens is 5. The van der Waals surface area contributed by atoms with Gasteiger partial charge in [0.25, 0.3) is 0 Å². The first-order valence-electron chi connectivity index (χ1n) is 22.0. The number of aryl methyl sites for hydroxylation is 2. The van der Waals surface area contributed by atoms with Crippen LogP contribution in [0.5, 0.6) is 11.5 Å². The summed E-state index contributed by atoms with van der Waals surface area (Å²) in [6.07, 6.45) is 7.17. The van der Waals surface area contributed by atoms with E-state index in [0.29, 0.717) is 126 Å². The van der Waals surface area contributed by atoms with Gasteiger partial charge < -0.3 is 53.1 Å². The molecule has 0 atom stereocenters. The molecule has 64 heavy (non-hydrogen) atoms. The smallest absolute Gasteiger partial charge is 0.854 e. The van der Waals surface area contributed by atoms with Crippen LogP contribution >= 0.6 is 0 Å². The number of methoxy groups -OCH3 is 2. The molecule has 3 aromatic rings. The molecule has 0 saturated heterocycles. The van der Waals surface area contributed by atoms with Crippen LogP contribution in [0.3, 0.4) is 0 Å². The minimum absolute atomic E-state index is 0. The first-order valence-corrected chi connectivity index (χ1v) is 22.0. The van der Waals surface area contributed by atoms with Crippen molar-refractivity contribution in [3.63, 3.8) is 0 Å². The summed E-state index contributed by atoms with van der Waals surface area (Å²) in [5.74, 6) is 0.895. The SMILES string of the molecule is CCc1c(CC)c2cc3nc(cnc4cc(OCCOCCOCCOC)c(OCCOCCOCCOC)cc4ncc4nc(cc1[n-]2)C(CCC[O-])=C4C)C(C)=C3CCC[O-].[Y+3]. The largest absolute Gasteiger partial charge is 3.00 e. The van der Waals surface area contributed by atoms with Crippen molar-refractivity contribution in [1.29, 1.82) is 0 Å². The molecule has 0 unspecified atom stereocenters. The van der Waals surface area contributed by atoms with Gasteiger partial charge in [-0.1, -0.05) is 49.9 Å². The zero-order valence-corrected chi connectivity index (χ0v) is 41.3. The molecular formula is C48H64N5O10Y. The Bertz CT molecular complexity index is 2050. The van der Waals surface area contributed by atoms with Gasteiger partial charge in [-0.2, -0.15) is 0 Å². The molecule has 0 N–H and O–H groups in total. The van der Waals surface area contributed by atoms with Gasteiger partial charge in [0.2, 0.25) is 0 Å². The standard InChI is InChI=1S/C48H64N5O10.Y/c1-7-35-36(8-2)40-28-42-38(12-10-14-55)34(4)46(53-42)32-50-44-30-48(63-26-24-61-22-20-59-18-16-57-6)47(62-25-23-60-21-19-58-17-15-56-5)29-43(44)49-31-45-33(3)37(11-9-13-54)41(52-45)27-39(35)51-40;/h27-32H,7-26H2,1-6H3;/q-3;+3. The molecule has 1 aromatic carbocycles. The van der Waals surface area contributed by atoms with Crippen molar-refractivity contribution in [2.75, 3.05) is 107 Å². The minimum Gasteiger partial charge on any atom is -0.854 e. The Hall–Kier alpha value is -3.48. The summed E-state index contributed by atoms with van der Waals surface area (Å²) in [7, 11) is 3.27. The van der Waals surface area contributed by atoms with Crippen molar-refractivity contribution in [2.24, 2.45) is 0 Å². The van der Waals surface area contributed by atoms with Crippen LogP contribution in [0.15, 0.2) is 36.7 Å². The molecule has 2 aromatic heterocycles. The van der Waals surface area contributed by atoms with Gasteiger partial charge in [-0.25, -0.2) is 9.97 Å². The van der Waals surface area contributed by atoms with E-state index in [-0.39, 0.29) is 59.1 Å². The van der Waals surface area contributed by atoms with Crippen LogP contribution in [0, 0.1) is 0 Å². The third kappa shape index (κ3) is 15.3. The number of allylic oxidation sites excluding steroid dienone is 4. The molecule has 0 fully saturated rings. The van der Waals surface area contributed by atoms with Crippen molar-refractivity contribution in [1.82, 2.24) is 24.9 Å². The van der Waals surface area contributed by atoms with Gasteiger partial charge in [-0.15, -0.1) is 24.2 Å². The van der Waals surface area contributed by atoms with E-state index in [1.165, 1.54) is 0 Å². The monoisotopic (exact) mass is 959 g/mol. The van der Waals surface area contributed by atoms with E-state index in [1.54, 1.807) is 38.7 Å². The Kier molecular flexibility index (Phi) is 24.3. The molecule has 6 bridgehead atoms. The molecule has 344 valence electrons. The average Bonchev–Trinajstić information content (AvgIpc) is 3.89. The summed E-state index contributed by atoms with van der Waals surface area (Å²) >= 11 is 0. The minimum atomic E-state index is -0.189. The Morgan fingerprint density at radius 1 is 0.516 bits per heavy atom. The molecule has 15 nitrogen and oxygen atoms in total. The number of nitrogens with zero attached hydrogens (tertiary/aromatic N) is 5. The van der Waals surface area contributed by atoms with Crippen molar-refractivity contribution in [3.05, 3.63) is 70.6 Å². The van der Waals surface area contributed by atoms with Gasteiger partial charge in [-0.3, -0.25) is 9.97 Å². The number of benzene rings is 1. The van der Waals surface area contributed by atoms with Crippen LogP contribution in [0.2, 0.25) is 0 Å². The van der Waals surface area contributed by atoms with Gasteiger partial charge in [0.05, 0.1) is 112 Å². The summed E-state index contributed by atoms with van der Waals surface area (Å²) < 4.78 is 45.2. The zero-order chi connectivity index (χ0) is 44.8.